The molecule has 138 valence electrons. The van der Waals surface area contributed by atoms with Gasteiger partial charge in [0.05, 0.1) is 29.1 Å². The summed E-state index contributed by atoms with van der Waals surface area (Å²) >= 11 is 11.7. The van der Waals surface area contributed by atoms with Crippen LogP contribution >= 0.6 is 23.2 Å². The molecule has 0 aromatic heterocycles. The Morgan fingerprint density at radius 1 is 1.28 bits per heavy atom. The van der Waals surface area contributed by atoms with Crippen LogP contribution in [0.4, 0.5) is 0 Å². The summed E-state index contributed by atoms with van der Waals surface area (Å²) in [6, 6.07) is 4.83. The molecule has 0 atom stereocenters. The number of rotatable bonds is 6. The molecule has 1 aliphatic carbocycles. The van der Waals surface area contributed by atoms with Crippen LogP contribution in [0.3, 0.4) is 0 Å². The van der Waals surface area contributed by atoms with Crippen LogP contribution in [0.2, 0.25) is 10.0 Å². The first-order valence-electron chi connectivity index (χ1n) is 8.01. The van der Waals surface area contributed by atoms with E-state index in [0.717, 1.165) is 38.4 Å². The molecule has 9 heteroatoms. The van der Waals surface area contributed by atoms with Crippen LogP contribution in [0.5, 0.6) is 0 Å². The van der Waals surface area contributed by atoms with Crippen molar-refractivity contribution in [3.8, 4) is 0 Å². The monoisotopic (exact) mass is 405 g/mol. The van der Waals surface area contributed by atoms with Crippen molar-refractivity contribution in [1.29, 1.82) is 0 Å². The molecule has 1 N–H and O–H groups in total. The van der Waals surface area contributed by atoms with E-state index in [1.165, 1.54) is 10.5 Å². The van der Waals surface area contributed by atoms with Crippen LogP contribution < -0.4 is 5.43 Å². The molecule has 6 nitrogen and oxygen atoms in total. The Hall–Kier alpha value is -1.15. The van der Waals surface area contributed by atoms with Gasteiger partial charge in [-0.3, -0.25) is 4.79 Å². The van der Waals surface area contributed by atoms with E-state index in [1.54, 1.807) is 18.2 Å². The number of benzene rings is 1. The maximum absolute atomic E-state index is 12.1. The zero-order valence-electron chi connectivity index (χ0n) is 13.9. The topological polar surface area (TPSA) is 78.8 Å². The summed E-state index contributed by atoms with van der Waals surface area (Å²) in [5.74, 6) is -0.479. The van der Waals surface area contributed by atoms with Crippen molar-refractivity contribution in [2.24, 2.45) is 5.10 Å². The predicted molar refractivity (Wildman–Crippen MR) is 101 cm³/mol. The quantitative estimate of drug-likeness (QED) is 0.583. The van der Waals surface area contributed by atoms with Gasteiger partial charge in [-0.25, -0.2) is 13.8 Å². The Morgan fingerprint density at radius 3 is 2.56 bits per heavy atom. The summed E-state index contributed by atoms with van der Waals surface area (Å²) in [6.45, 7) is -0.234. The molecular formula is C16H21Cl2N3O3S. The minimum Gasteiger partial charge on any atom is -0.272 e. The average Bonchev–Trinajstić information content (AvgIpc) is 2.56. The minimum absolute atomic E-state index is 0.117. The normalized spacial score (nSPS) is 16.5. The number of nitrogens with one attached hydrogen (secondary N) is 1. The highest BCUT2D eigenvalue weighted by atomic mass is 35.5. The van der Waals surface area contributed by atoms with E-state index in [4.69, 9.17) is 23.2 Å². The van der Waals surface area contributed by atoms with Gasteiger partial charge in [0.1, 0.15) is 0 Å². The van der Waals surface area contributed by atoms with Crippen molar-refractivity contribution >= 4 is 45.3 Å². The SMILES string of the molecule is CS(=O)(=O)N(CC(=O)NN=Cc1ccc(Cl)c(Cl)c1)C1CCCCC1. The van der Waals surface area contributed by atoms with Crippen LogP contribution in [0.15, 0.2) is 23.3 Å². The Bertz CT molecular complexity index is 747. The van der Waals surface area contributed by atoms with Gasteiger partial charge in [0, 0.05) is 6.04 Å². The van der Waals surface area contributed by atoms with E-state index in [0.29, 0.717) is 15.6 Å². The largest absolute Gasteiger partial charge is 0.272 e. The van der Waals surface area contributed by atoms with E-state index >= 15 is 0 Å². The molecule has 1 saturated carbocycles. The van der Waals surface area contributed by atoms with Gasteiger partial charge in [0.15, 0.2) is 0 Å². The number of hydrazone groups is 1. The van der Waals surface area contributed by atoms with E-state index in [2.05, 4.69) is 10.5 Å². The maximum atomic E-state index is 12.1. The molecule has 25 heavy (non-hydrogen) atoms. The molecule has 0 bridgehead atoms. The lowest BCUT2D eigenvalue weighted by molar-refractivity contribution is -0.121. The van der Waals surface area contributed by atoms with Crippen molar-refractivity contribution < 1.29 is 13.2 Å². The highest BCUT2D eigenvalue weighted by Crippen LogP contribution is 2.24. The Kier molecular flexibility index (Phi) is 7.25. The zero-order chi connectivity index (χ0) is 18.4. The highest BCUT2D eigenvalue weighted by molar-refractivity contribution is 7.88. The molecule has 0 unspecified atom stereocenters. The Labute approximate surface area is 158 Å². The van der Waals surface area contributed by atoms with Gasteiger partial charge >= 0.3 is 0 Å². The van der Waals surface area contributed by atoms with Gasteiger partial charge in [0.2, 0.25) is 10.0 Å². The molecule has 1 aromatic carbocycles. The predicted octanol–water partition coefficient (Wildman–Crippen LogP) is 3.04. The third-order valence-electron chi connectivity index (χ3n) is 4.05. The van der Waals surface area contributed by atoms with Crippen LogP contribution in [0.25, 0.3) is 0 Å². The maximum Gasteiger partial charge on any atom is 0.255 e. The van der Waals surface area contributed by atoms with E-state index in [1.807, 2.05) is 0 Å². The minimum atomic E-state index is -3.46. The van der Waals surface area contributed by atoms with Gasteiger partial charge in [-0.1, -0.05) is 48.5 Å². The van der Waals surface area contributed by atoms with Crippen molar-refractivity contribution in [2.75, 3.05) is 12.8 Å². The second-order valence-corrected chi connectivity index (χ2v) is 8.82. The van der Waals surface area contributed by atoms with Crippen LogP contribution in [0, 0.1) is 0 Å². The van der Waals surface area contributed by atoms with Crippen molar-refractivity contribution in [1.82, 2.24) is 9.73 Å². The van der Waals surface area contributed by atoms with Crippen LogP contribution in [-0.4, -0.2) is 43.7 Å². The molecule has 1 aliphatic rings. The molecule has 0 spiro atoms. The first kappa shape index (κ1) is 20.2. The number of hydrogen-bond acceptors (Lipinski definition) is 4. The lowest BCUT2D eigenvalue weighted by Gasteiger charge is -2.31. The fraction of sp³-hybridized carbons (Fsp3) is 0.500. The number of sulfonamides is 1. The molecule has 0 aliphatic heterocycles. The third kappa shape index (κ3) is 6.26. The summed E-state index contributed by atoms with van der Waals surface area (Å²) in [5, 5.41) is 4.66. The highest BCUT2D eigenvalue weighted by Gasteiger charge is 2.29. The summed E-state index contributed by atoms with van der Waals surface area (Å²) in [6.07, 6.45) is 7.19. The van der Waals surface area contributed by atoms with Gasteiger partial charge in [-0.15, -0.1) is 0 Å². The van der Waals surface area contributed by atoms with Crippen molar-refractivity contribution in [2.45, 2.75) is 38.1 Å². The zero-order valence-corrected chi connectivity index (χ0v) is 16.2. The van der Waals surface area contributed by atoms with E-state index in [-0.39, 0.29) is 12.6 Å². The van der Waals surface area contributed by atoms with E-state index < -0.39 is 15.9 Å². The molecule has 1 amide bonds. The smallest absolute Gasteiger partial charge is 0.255 e. The molecule has 0 saturated heterocycles. The number of hydrogen-bond donors (Lipinski definition) is 1. The lowest BCUT2D eigenvalue weighted by Crippen LogP contribution is -2.45. The average molecular weight is 406 g/mol. The summed E-state index contributed by atoms with van der Waals surface area (Å²) in [5.41, 5.74) is 3.02. The molecule has 0 radical (unpaired) electrons. The molecule has 2 rings (SSSR count). The standard InChI is InChI=1S/C16H21Cl2N3O3S/c1-25(23,24)21(13-5-3-2-4-6-13)11-16(22)20-19-10-12-7-8-14(17)15(18)9-12/h7-10,13H,2-6,11H2,1H3,(H,20,22). The Balaban J connectivity index is 1.96. The van der Waals surface area contributed by atoms with Gasteiger partial charge < -0.3 is 0 Å². The summed E-state index contributed by atoms with van der Waals surface area (Å²) in [7, 11) is -3.46. The number of halogens is 2. The number of carbonyl (C=O) groups excluding carboxylic acids is 1. The number of amides is 1. The molecule has 0 heterocycles. The fourth-order valence-electron chi connectivity index (χ4n) is 2.83. The third-order valence-corrected chi connectivity index (χ3v) is 6.07. The number of nitrogens with zero attached hydrogens (tertiary/aromatic N) is 2. The van der Waals surface area contributed by atoms with Gasteiger partial charge in [0.25, 0.3) is 5.91 Å². The fourth-order valence-corrected chi connectivity index (χ4v) is 4.25. The molecule has 1 aromatic rings. The second-order valence-electron chi connectivity index (χ2n) is 6.07. The van der Waals surface area contributed by atoms with Crippen molar-refractivity contribution in [3.63, 3.8) is 0 Å². The first-order chi connectivity index (χ1) is 11.8. The summed E-state index contributed by atoms with van der Waals surface area (Å²) in [4.78, 5) is 12.1. The van der Waals surface area contributed by atoms with Crippen LogP contribution in [0.1, 0.15) is 37.7 Å². The first-order valence-corrected chi connectivity index (χ1v) is 10.6. The molecular weight excluding hydrogens is 385 g/mol. The molecule has 1 fully saturated rings. The number of carbonyl (C=O) groups is 1. The van der Waals surface area contributed by atoms with E-state index in [9.17, 15) is 13.2 Å². The van der Waals surface area contributed by atoms with Crippen molar-refractivity contribution in [3.05, 3.63) is 33.8 Å². The Morgan fingerprint density at radius 2 is 1.96 bits per heavy atom. The van der Waals surface area contributed by atoms with Gasteiger partial charge in [-0.2, -0.15) is 9.41 Å². The van der Waals surface area contributed by atoms with Crippen LogP contribution in [-0.2, 0) is 14.8 Å². The second kappa shape index (κ2) is 8.98. The lowest BCUT2D eigenvalue weighted by atomic mass is 9.95. The summed E-state index contributed by atoms with van der Waals surface area (Å²) < 4.78 is 25.3. The van der Waals surface area contributed by atoms with Gasteiger partial charge in [-0.05, 0) is 30.5 Å².